The summed E-state index contributed by atoms with van der Waals surface area (Å²) in [5.41, 5.74) is 2.08. The van der Waals surface area contributed by atoms with Gasteiger partial charge in [0.25, 0.3) is 0 Å². The van der Waals surface area contributed by atoms with E-state index in [1.807, 2.05) is 26.1 Å². The fourth-order valence-electron chi connectivity index (χ4n) is 1.93. The average Bonchev–Trinajstić information content (AvgIpc) is 2.82. The van der Waals surface area contributed by atoms with Gasteiger partial charge in [-0.25, -0.2) is 9.97 Å². The Balaban J connectivity index is 2.18. The zero-order chi connectivity index (χ0) is 13.0. The normalized spacial score (nSPS) is 12.4. The molecule has 96 valence electrons. The van der Waals surface area contributed by atoms with Crippen LogP contribution in [0.2, 0.25) is 0 Å². The number of nitrogens with zero attached hydrogens (tertiary/aromatic N) is 2. The molecule has 0 fully saturated rings. The molecule has 0 radical (unpaired) electrons. The van der Waals surface area contributed by atoms with Crippen LogP contribution in [0, 0.1) is 6.92 Å². The maximum Gasteiger partial charge on any atom is 0.216 e. The summed E-state index contributed by atoms with van der Waals surface area (Å²) < 4.78 is 10.4. The van der Waals surface area contributed by atoms with E-state index in [2.05, 4.69) is 15.3 Å². The second kappa shape index (κ2) is 5.64. The summed E-state index contributed by atoms with van der Waals surface area (Å²) in [6.45, 7) is 1.96. The van der Waals surface area contributed by atoms with E-state index in [4.69, 9.17) is 9.15 Å². The number of hydrogen-bond donors (Lipinski definition) is 1. The number of likely N-dealkylation sites (N-methyl/N-ethyl adjacent to an activating group) is 1. The number of ether oxygens (including phenoxy) is 1. The largest absolute Gasteiger partial charge is 0.481 e. The molecule has 1 N–H and O–H groups in total. The van der Waals surface area contributed by atoms with Crippen LogP contribution in [0.5, 0.6) is 5.88 Å². The summed E-state index contributed by atoms with van der Waals surface area (Å²) >= 11 is 0. The van der Waals surface area contributed by atoms with Gasteiger partial charge in [-0.1, -0.05) is 0 Å². The zero-order valence-electron chi connectivity index (χ0n) is 10.8. The lowest BCUT2D eigenvalue weighted by atomic mass is 10.0. The van der Waals surface area contributed by atoms with Crippen LogP contribution < -0.4 is 10.1 Å². The van der Waals surface area contributed by atoms with Crippen molar-refractivity contribution in [2.45, 2.75) is 19.4 Å². The first kappa shape index (κ1) is 12.6. The molecule has 0 saturated carbocycles. The molecule has 0 saturated heterocycles. The van der Waals surface area contributed by atoms with Crippen molar-refractivity contribution in [2.75, 3.05) is 14.2 Å². The maximum atomic E-state index is 5.33. The highest BCUT2D eigenvalue weighted by Gasteiger charge is 2.15. The van der Waals surface area contributed by atoms with Crippen LogP contribution >= 0.6 is 0 Å². The standard InChI is InChI=1S/C13H17N3O2/c1-9-11(4-5-18-9)12(14-2)6-10-7-13(17-3)16-8-15-10/h4-5,7-8,12,14H,6H2,1-3H3. The topological polar surface area (TPSA) is 60.2 Å². The smallest absolute Gasteiger partial charge is 0.216 e. The number of methoxy groups -OCH3 is 1. The molecular weight excluding hydrogens is 230 g/mol. The molecule has 0 amide bonds. The Morgan fingerprint density at radius 2 is 2.28 bits per heavy atom. The Hall–Kier alpha value is -1.88. The first-order valence-corrected chi connectivity index (χ1v) is 5.80. The van der Waals surface area contributed by atoms with Crippen molar-refractivity contribution in [3.8, 4) is 5.88 Å². The molecule has 2 aromatic heterocycles. The predicted octanol–water partition coefficient (Wildman–Crippen LogP) is 1.89. The molecular formula is C13H17N3O2. The van der Waals surface area contributed by atoms with Gasteiger partial charge < -0.3 is 14.5 Å². The second-order valence-electron chi connectivity index (χ2n) is 4.03. The van der Waals surface area contributed by atoms with Gasteiger partial charge in [0.15, 0.2) is 0 Å². The van der Waals surface area contributed by atoms with Gasteiger partial charge in [-0.05, 0) is 20.0 Å². The molecule has 2 aromatic rings. The first-order chi connectivity index (χ1) is 8.74. The highest BCUT2D eigenvalue weighted by molar-refractivity contribution is 5.23. The minimum Gasteiger partial charge on any atom is -0.481 e. The van der Waals surface area contributed by atoms with Crippen LogP contribution in [-0.4, -0.2) is 24.1 Å². The monoisotopic (exact) mass is 247 g/mol. The minimum atomic E-state index is 0.170. The third kappa shape index (κ3) is 2.68. The van der Waals surface area contributed by atoms with Crippen molar-refractivity contribution < 1.29 is 9.15 Å². The molecule has 5 heteroatoms. The van der Waals surface area contributed by atoms with Gasteiger partial charge in [0.05, 0.1) is 13.4 Å². The van der Waals surface area contributed by atoms with Gasteiger partial charge in [0, 0.05) is 29.8 Å². The predicted molar refractivity (Wildman–Crippen MR) is 67.5 cm³/mol. The Bertz CT molecular complexity index is 510. The highest BCUT2D eigenvalue weighted by Crippen LogP contribution is 2.22. The van der Waals surface area contributed by atoms with Crippen LogP contribution in [0.15, 0.2) is 29.1 Å². The van der Waals surface area contributed by atoms with Gasteiger partial charge in [-0.3, -0.25) is 0 Å². The Morgan fingerprint density at radius 3 is 2.89 bits per heavy atom. The van der Waals surface area contributed by atoms with Crippen molar-refractivity contribution in [3.05, 3.63) is 41.7 Å². The first-order valence-electron chi connectivity index (χ1n) is 5.80. The summed E-state index contributed by atoms with van der Waals surface area (Å²) in [5.74, 6) is 1.51. The molecule has 0 aliphatic rings. The van der Waals surface area contributed by atoms with E-state index < -0.39 is 0 Å². The van der Waals surface area contributed by atoms with E-state index in [1.165, 1.54) is 6.33 Å². The molecule has 0 aliphatic heterocycles. The molecule has 2 rings (SSSR count). The van der Waals surface area contributed by atoms with E-state index in [0.29, 0.717) is 5.88 Å². The fraction of sp³-hybridized carbons (Fsp3) is 0.385. The summed E-state index contributed by atoms with van der Waals surface area (Å²) in [6.07, 6.45) is 3.98. The second-order valence-corrected chi connectivity index (χ2v) is 4.03. The summed E-state index contributed by atoms with van der Waals surface area (Å²) in [4.78, 5) is 8.25. The lowest BCUT2D eigenvalue weighted by molar-refractivity contribution is 0.395. The molecule has 1 atom stereocenters. The molecule has 18 heavy (non-hydrogen) atoms. The van der Waals surface area contributed by atoms with Crippen molar-refractivity contribution in [1.82, 2.24) is 15.3 Å². The number of aryl methyl sites for hydroxylation is 1. The van der Waals surface area contributed by atoms with Crippen LogP contribution in [-0.2, 0) is 6.42 Å². The Kier molecular flexibility index (Phi) is 3.94. The highest BCUT2D eigenvalue weighted by atomic mass is 16.5. The molecule has 0 bridgehead atoms. The van der Waals surface area contributed by atoms with Gasteiger partial charge in [0.2, 0.25) is 5.88 Å². The van der Waals surface area contributed by atoms with Crippen molar-refractivity contribution >= 4 is 0 Å². The van der Waals surface area contributed by atoms with Crippen LogP contribution in [0.3, 0.4) is 0 Å². The molecule has 0 aromatic carbocycles. The van der Waals surface area contributed by atoms with Crippen molar-refractivity contribution in [1.29, 1.82) is 0 Å². The quantitative estimate of drug-likeness (QED) is 0.874. The number of rotatable bonds is 5. The zero-order valence-corrected chi connectivity index (χ0v) is 10.8. The Labute approximate surface area is 106 Å². The molecule has 1 unspecified atom stereocenters. The van der Waals surface area contributed by atoms with E-state index in [-0.39, 0.29) is 6.04 Å². The van der Waals surface area contributed by atoms with E-state index in [0.717, 1.165) is 23.4 Å². The van der Waals surface area contributed by atoms with Gasteiger partial charge in [0.1, 0.15) is 12.1 Å². The van der Waals surface area contributed by atoms with Gasteiger partial charge in [-0.15, -0.1) is 0 Å². The minimum absolute atomic E-state index is 0.170. The van der Waals surface area contributed by atoms with Crippen LogP contribution in [0.4, 0.5) is 0 Å². The third-order valence-corrected chi connectivity index (χ3v) is 2.94. The lowest BCUT2D eigenvalue weighted by Gasteiger charge is -2.15. The summed E-state index contributed by atoms with van der Waals surface area (Å²) in [7, 11) is 3.53. The lowest BCUT2D eigenvalue weighted by Crippen LogP contribution is -2.19. The van der Waals surface area contributed by atoms with E-state index >= 15 is 0 Å². The number of hydrogen-bond acceptors (Lipinski definition) is 5. The maximum absolute atomic E-state index is 5.33. The summed E-state index contributed by atoms with van der Waals surface area (Å²) in [6, 6.07) is 4.00. The Morgan fingerprint density at radius 1 is 1.44 bits per heavy atom. The van der Waals surface area contributed by atoms with Crippen molar-refractivity contribution in [3.63, 3.8) is 0 Å². The number of furan rings is 1. The molecule has 0 spiro atoms. The molecule has 0 aliphatic carbocycles. The fourth-order valence-corrected chi connectivity index (χ4v) is 1.93. The van der Waals surface area contributed by atoms with Crippen LogP contribution in [0.1, 0.15) is 23.1 Å². The molecule has 5 nitrogen and oxygen atoms in total. The molecule has 2 heterocycles. The van der Waals surface area contributed by atoms with Gasteiger partial charge in [-0.2, -0.15) is 0 Å². The van der Waals surface area contributed by atoms with Crippen molar-refractivity contribution in [2.24, 2.45) is 0 Å². The SMILES string of the molecule is CNC(Cc1cc(OC)ncn1)c1ccoc1C. The van der Waals surface area contributed by atoms with E-state index in [1.54, 1.807) is 13.4 Å². The number of aromatic nitrogens is 2. The third-order valence-electron chi connectivity index (χ3n) is 2.94. The van der Waals surface area contributed by atoms with E-state index in [9.17, 15) is 0 Å². The van der Waals surface area contributed by atoms with Gasteiger partial charge >= 0.3 is 0 Å². The van der Waals surface area contributed by atoms with Crippen LogP contribution in [0.25, 0.3) is 0 Å². The average molecular weight is 247 g/mol. The number of nitrogens with one attached hydrogen (secondary N) is 1. The summed E-state index contributed by atoms with van der Waals surface area (Å²) in [5, 5.41) is 3.27.